The van der Waals surface area contributed by atoms with Crippen molar-refractivity contribution in [3.8, 4) is 5.75 Å². The highest BCUT2D eigenvalue weighted by molar-refractivity contribution is 6.92. The molecule has 1 N–H and O–H groups in total. The fourth-order valence-corrected chi connectivity index (χ4v) is 5.96. The van der Waals surface area contributed by atoms with Gasteiger partial charge in [0, 0.05) is 0 Å². The van der Waals surface area contributed by atoms with E-state index in [-0.39, 0.29) is 0 Å². The maximum atomic E-state index is 9.87. The maximum Gasteiger partial charge on any atom is 0.114 e. The molecule has 1 aromatic rings. The number of hydrogen-bond acceptors (Lipinski definition) is 1. The Morgan fingerprint density at radius 3 is 1.93 bits per heavy atom. The molecule has 0 saturated heterocycles. The first-order valence-corrected chi connectivity index (χ1v) is 8.10. The molecule has 0 bridgehead atoms. The van der Waals surface area contributed by atoms with Crippen LogP contribution in [-0.4, -0.2) is 13.2 Å². The minimum Gasteiger partial charge on any atom is -0.508 e. The van der Waals surface area contributed by atoms with Crippen LogP contribution in [0.5, 0.6) is 5.75 Å². The van der Waals surface area contributed by atoms with Gasteiger partial charge in [-0.05, 0) is 11.3 Å². The van der Waals surface area contributed by atoms with Crippen molar-refractivity contribution in [1.82, 2.24) is 0 Å². The third-order valence-electron chi connectivity index (χ3n) is 3.51. The van der Waals surface area contributed by atoms with Gasteiger partial charge in [-0.1, -0.05) is 57.1 Å². The molecule has 0 aliphatic heterocycles. The molecule has 0 fully saturated rings. The molecule has 1 aromatic carbocycles. The minimum atomic E-state index is -1.39. The van der Waals surface area contributed by atoms with Gasteiger partial charge in [0.1, 0.15) is 5.75 Å². The minimum absolute atomic E-state index is 0.504. The topological polar surface area (TPSA) is 20.2 Å². The van der Waals surface area contributed by atoms with Gasteiger partial charge < -0.3 is 5.11 Å². The van der Waals surface area contributed by atoms with Crippen LogP contribution in [-0.2, 0) is 0 Å². The van der Waals surface area contributed by atoms with Crippen LogP contribution in [0.25, 0.3) is 0 Å². The Morgan fingerprint density at radius 2 is 1.50 bits per heavy atom. The summed E-state index contributed by atoms with van der Waals surface area (Å²) in [5, 5.41) is 11.1. The van der Waals surface area contributed by atoms with Crippen molar-refractivity contribution in [3.63, 3.8) is 0 Å². The average Bonchev–Trinajstić information content (AvgIpc) is 2.24. The molecule has 0 amide bonds. The highest BCUT2D eigenvalue weighted by atomic mass is 28.3. The van der Waals surface area contributed by atoms with Crippen molar-refractivity contribution in [3.05, 3.63) is 24.3 Å². The molecule has 0 unspecified atom stereocenters. The zero-order valence-corrected chi connectivity index (χ0v) is 10.4. The Hall–Kier alpha value is -0.763. The first-order chi connectivity index (χ1) is 6.70. The molecule has 2 heteroatoms. The van der Waals surface area contributed by atoms with E-state index in [0.29, 0.717) is 5.75 Å². The molecular formula is C12H20OSi. The molecule has 0 heterocycles. The van der Waals surface area contributed by atoms with E-state index < -0.39 is 8.07 Å². The van der Waals surface area contributed by atoms with Gasteiger partial charge in [0.25, 0.3) is 0 Å². The summed E-state index contributed by atoms with van der Waals surface area (Å²) in [6, 6.07) is 11.5. The largest absolute Gasteiger partial charge is 0.508 e. The van der Waals surface area contributed by atoms with Crippen molar-refractivity contribution >= 4 is 13.3 Å². The lowest BCUT2D eigenvalue weighted by atomic mass is 10.3. The lowest BCUT2D eigenvalue weighted by molar-refractivity contribution is 0.479. The van der Waals surface area contributed by atoms with Crippen molar-refractivity contribution in [2.24, 2.45) is 0 Å². The van der Waals surface area contributed by atoms with Gasteiger partial charge in [0.2, 0.25) is 0 Å². The first-order valence-electron chi connectivity index (χ1n) is 5.48. The van der Waals surface area contributed by atoms with Gasteiger partial charge in [-0.25, -0.2) is 0 Å². The Morgan fingerprint density at radius 1 is 1.00 bits per heavy atom. The van der Waals surface area contributed by atoms with Crippen LogP contribution in [0.1, 0.15) is 20.8 Å². The lowest BCUT2D eigenvalue weighted by Gasteiger charge is -2.29. The zero-order valence-electron chi connectivity index (χ0n) is 9.38. The number of hydrogen-bond donors (Lipinski definition) is 1. The Labute approximate surface area is 87.8 Å². The van der Waals surface area contributed by atoms with E-state index in [9.17, 15) is 5.11 Å². The standard InChI is InChI=1S/C12H20OSi/c1-4-14(5-2,6-3)12-10-8-7-9-11(12)13/h7-10,13H,4-6H2,1-3H3. The van der Waals surface area contributed by atoms with Crippen molar-refractivity contribution in [1.29, 1.82) is 0 Å². The summed E-state index contributed by atoms with van der Waals surface area (Å²) >= 11 is 0. The Kier molecular flexibility index (Phi) is 3.75. The normalized spacial score (nSPS) is 11.6. The molecule has 0 aromatic heterocycles. The van der Waals surface area contributed by atoms with Gasteiger partial charge in [-0.3, -0.25) is 0 Å². The first kappa shape index (κ1) is 11.3. The molecule has 0 atom stereocenters. The van der Waals surface area contributed by atoms with Crippen LogP contribution in [0.15, 0.2) is 24.3 Å². The molecule has 0 spiro atoms. The van der Waals surface area contributed by atoms with Crippen LogP contribution in [0.2, 0.25) is 18.1 Å². The number of phenols is 1. The summed E-state index contributed by atoms with van der Waals surface area (Å²) in [6.07, 6.45) is 0. The fraction of sp³-hybridized carbons (Fsp3) is 0.500. The van der Waals surface area contributed by atoms with Crippen LogP contribution < -0.4 is 5.19 Å². The summed E-state index contributed by atoms with van der Waals surface area (Å²) in [7, 11) is -1.39. The van der Waals surface area contributed by atoms with Crippen LogP contribution in [0.3, 0.4) is 0 Å². The molecule has 78 valence electrons. The summed E-state index contributed by atoms with van der Waals surface area (Å²) in [5.41, 5.74) is 0. The van der Waals surface area contributed by atoms with E-state index in [1.54, 1.807) is 0 Å². The highest BCUT2D eigenvalue weighted by Gasteiger charge is 2.31. The number of phenolic OH excluding ortho intramolecular Hbond substituents is 1. The predicted molar refractivity (Wildman–Crippen MR) is 64.9 cm³/mol. The summed E-state index contributed by atoms with van der Waals surface area (Å²) in [6.45, 7) is 6.77. The van der Waals surface area contributed by atoms with Gasteiger partial charge in [-0.2, -0.15) is 0 Å². The van der Waals surface area contributed by atoms with Crippen molar-refractivity contribution in [2.75, 3.05) is 0 Å². The molecule has 14 heavy (non-hydrogen) atoms. The molecule has 0 aliphatic rings. The lowest BCUT2D eigenvalue weighted by Crippen LogP contribution is -2.45. The average molecular weight is 208 g/mol. The molecule has 1 rings (SSSR count). The van der Waals surface area contributed by atoms with Gasteiger partial charge in [0.15, 0.2) is 0 Å². The number of aromatic hydroxyl groups is 1. The van der Waals surface area contributed by atoms with Crippen molar-refractivity contribution in [2.45, 2.75) is 38.9 Å². The third-order valence-corrected chi connectivity index (χ3v) is 9.13. The predicted octanol–water partition coefficient (Wildman–Crippen LogP) is 3.11. The highest BCUT2D eigenvalue weighted by Crippen LogP contribution is 2.23. The summed E-state index contributed by atoms with van der Waals surface area (Å²) in [5.74, 6) is 0.504. The molecule has 1 nitrogen and oxygen atoms in total. The van der Waals surface area contributed by atoms with Crippen LogP contribution >= 0.6 is 0 Å². The van der Waals surface area contributed by atoms with E-state index in [0.717, 1.165) is 0 Å². The Balaban J connectivity index is 3.17. The van der Waals surface area contributed by atoms with Crippen molar-refractivity contribution < 1.29 is 5.11 Å². The quantitative estimate of drug-likeness (QED) is 0.754. The van der Waals surface area contributed by atoms with Crippen LogP contribution in [0.4, 0.5) is 0 Å². The third kappa shape index (κ3) is 1.85. The second kappa shape index (κ2) is 4.65. The van der Waals surface area contributed by atoms with E-state index in [2.05, 4.69) is 26.8 Å². The molecular weight excluding hydrogens is 188 g/mol. The molecule has 0 aliphatic carbocycles. The number of rotatable bonds is 4. The monoisotopic (exact) mass is 208 g/mol. The smallest absolute Gasteiger partial charge is 0.114 e. The van der Waals surface area contributed by atoms with E-state index in [4.69, 9.17) is 0 Å². The Bertz CT molecular complexity index is 284. The number of benzene rings is 1. The molecule has 0 saturated carbocycles. The van der Waals surface area contributed by atoms with E-state index in [1.807, 2.05) is 18.2 Å². The zero-order chi connectivity index (χ0) is 10.6. The second-order valence-electron chi connectivity index (χ2n) is 3.86. The van der Waals surface area contributed by atoms with Crippen LogP contribution in [0, 0.1) is 0 Å². The maximum absolute atomic E-state index is 9.87. The number of para-hydroxylation sites is 1. The van der Waals surface area contributed by atoms with E-state index >= 15 is 0 Å². The van der Waals surface area contributed by atoms with Gasteiger partial charge in [-0.15, -0.1) is 0 Å². The SMILES string of the molecule is CC[Si](CC)(CC)c1ccccc1O. The second-order valence-corrected chi connectivity index (χ2v) is 9.08. The molecule has 0 radical (unpaired) electrons. The fourth-order valence-electron chi connectivity index (χ4n) is 2.24. The van der Waals surface area contributed by atoms with E-state index in [1.165, 1.54) is 23.3 Å². The summed E-state index contributed by atoms with van der Waals surface area (Å²) in [4.78, 5) is 0. The summed E-state index contributed by atoms with van der Waals surface area (Å²) < 4.78 is 0. The van der Waals surface area contributed by atoms with Gasteiger partial charge in [0.05, 0.1) is 8.07 Å². The van der Waals surface area contributed by atoms with Gasteiger partial charge >= 0.3 is 0 Å².